The van der Waals surface area contributed by atoms with Gasteiger partial charge in [-0.25, -0.2) is 0 Å². The lowest BCUT2D eigenvalue weighted by molar-refractivity contribution is 0.113. The summed E-state index contributed by atoms with van der Waals surface area (Å²) >= 11 is 0. The van der Waals surface area contributed by atoms with E-state index in [0.717, 1.165) is 19.4 Å². The van der Waals surface area contributed by atoms with E-state index in [1.807, 2.05) is 6.92 Å². The summed E-state index contributed by atoms with van der Waals surface area (Å²) in [6.45, 7) is 4.24. The van der Waals surface area contributed by atoms with Gasteiger partial charge in [0.2, 0.25) is 0 Å². The van der Waals surface area contributed by atoms with Crippen LogP contribution in [0, 0.1) is 0 Å². The number of hydrogen-bond donors (Lipinski definition) is 1. The molecule has 1 fully saturated rings. The number of aliphatic hydroxyl groups excluding tert-OH is 1. The Morgan fingerprint density at radius 1 is 1.21 bits per heavy atom. The van der Waals surface area contributed by atoms with Gasteiger partial charge < -0.3 is 5.11 Å². The molecular weight excluding hydrogens is 234 g/mol. The van der Waals surface area contributed by atoms with Gasteiger partial charge in [-0.05, 0) is 44.7 Å². The molecule has 2 heteroatoms. The molecule has 1 aromatic rings. The third kappa shape index (κ3) is 4.96. The number of aliphatic hydroxyl groups is 1. The molecular formula is C17H27NO. The fourth-order valence-electron chi connectivity index (χ4n) is 3.11. The van der Waals surface area contributed by atoms with Crippen LogP contribution in [-0.2, 0) is 6.42 Å². The molecule has 2 atom stereocenters. The van der Waals surface area contributed by atoms with Crippen LogP contribution >= 0.6 is 0 Å². The van der Waals surface area contributed by atoms with Crippen LogP contribution in [0.15, 0.2) is 30.3 Å². The Morgan fingerprint density at radius 3 is 2.74 bits per heavy atom. The summed E-state index contributed by atoms with van der Waals surface area (Å²) in [7, 11) is 0. The van der Waals surface area contributed by atoms with Gasteiger partial charge in [-0.1, -0.05) is 43.2 Å². The molecule has 19 heavy (non-hydrogen) atoms. The molecule has 1 aliphatic rings. The van der Waals surface area contributed by atoms with Crippen molar-refractivity contribution in [3.05, 3.63) is 35.9 Å². The zero-order valence-corrected chi connectivity index (χ0v) is 12.1. The van der Waals surface area contributed by atoms with E-state index in [-0.39, 0.29) is 6.10 Å². The summed E-state index contributed by atoms with van der Waals surface area (Å²) in [5, 5.41) is 9.67. The summed E-state index contributed by atoms with van der Waals surface area (Å²) in [6, 6.07) is 11.3. The predicted octanol–water partition coefficient (Wildman–Crippen LogP) is 3.24. The molecule has 2 rings (SSSR count). The monoisotopic (exact) mass is 261 g/mol. The molecule has 0 aromatic heterocycles. The molecule has 1 N–H and O–H groups in total. The molecule has 0 amide bonds. The van der Waals surface area contributed by atoms with Crippen LogP contribution in [0.1, 0.15) is 44.6 Å². The highest BCUT2D eigenvalue weighted by Gasteiger charge is 2.21. The van der Waals surface area contributed by atoms with Gasteiger partial charge in [0.1, 0.15) is 0 Å². The van der Waals surface area contributed by atoms with Gasteiger partial charge >= 0.3 is 0 Å². The summed E-state index contributed by atoms with van der Waals surface area (Å²) in [4.78, 5) is 2.60. The van der Waals surface area contributed by atoms with Gasteiger partial charge in [-0.2, -0.15) is 0 Å². The third-order valence-corrected chi connectivity index (χ3v) is 4.14. The summed E-state index contributed by atoms with van der Waals surface area (Å²) in [5.74, 6) is 0. The molecule has 0 aliphatic carbocycles. The molecule has 0 radical (unpaired) electrons. The van der Waals surface area contributed by atoms with Gasteiger partial charge in [-0.15, -0.1) is 0 Å². The van der Waals surface area contributed by atoms with Crippen molar-refractivity contribution in [2.45, 2.75) is 57.6 Å². The minimum absolute atomic E-state index is 0.178. The molecule has 1 heterocycles. The molecule has 0 spiro atoms. The highest BCUT2D eigenvalue weighted by atomic mass is 16.3. The standard InChI is InChI=1S/C17H27NO/c1-15(19)14-17-10-6-3-7-12-18(17)13-11-16-8-4-2-5-9-16/h2,4-5,8-9,15,17,19H,3,6-7,10-14H2,1H3. The maximum Gasteiger partial charge on any atom is 0.0527 e. The normalized spacial score (nSPS) is 22.9. The molecule has 1 aliphatic heterocycles. The van der Waals surface area contributed by atoms with E-state index >= 15 is 0 Å². The number of likely N-dealkylation sites (tertiary alicyclic amines) is 1. The summed E-state index contributed by atoms with van der Waals surface area (Å²) in [5.41, 5.74) is 1.42. The lowest BCUT2D eigenvalue weighted by Gasteiger charge is -2.30. The topological polar surface area (TPSA) is 23.5 Å². The van der Waals surface area contributed by atoms with E-state index in [4.69, 9.17) is 0 Å². The quantitative estimate of drug-likeness (QED) is 0.879. The molecule has 2 unspecified atom stereocenters. The van der Waals surface area contributed by atoms with Crippen molar-refractivity contribution < 1.29 is 5.11 Å². The van der Waals surface area contributed by atoms with Crippen molar-refractivity contribution in [1.82, 2.24) is 4.90 Å². The first kappa shape index (κ1) is 14.5. The first-order chi connectivity index (χ1) is 9.25. The van der Waals surface area contributed by atoms with Crippen LogP contribution in [0.4, 0.5) is 0 Å². The zero-order chi connectivity index (χ0) is 13.5. The second-order valence-corrected chi connectivity index (χ2v) is 5.86. The van der Waals surface area contributed by atoms with Crippen molar-refractivity contribution in [2.75, 3.05) is 13.1 Å². The van der Waals surface area contributed by atoms with Crippen molar-refractivity contribution in [3.63, 3.8) is 0 Å². The van der Waals surface area contributed by atoms with E-state index in [1.54, 1.807) is 0 Å². The predicted molar refractivity (Wildman–Crippen MR) is 80.3 cm³/mol. The summed E-state index contributed by atoms with van der Waals surface area (Å²) in [6.07, 6.45) is 7.09. The smallest absolute Gasteiger partial charge is 0.0527 e. The minimum Gasteiger partial charge on any atom is -0.393 e. The first-order valence-electron chi connectivity index (χ1n) is 7.72. The lowest BCUT2D eigenvalue weighted by Crippen LogP contribution is -2.38. The van der Waals surface area contributed by atoms with E-state index in [2.05, 4.69) is 35.2 Å². The SMILES string of the molecule is CC(O)CC1CCCCCN1CCc1ccccc1. The molecule has 1 aromatic carbocycles. The minimum atomic E-state index is -0.178. The number of hydrogen-bond acceptors (Lipinski definition) is 2. The van der Waals surface area contributed by atoms with Gasteiger partial charge in [0, 0.05) is 12.6 Å². The third-order valence-electron chi connectivity index (χ3n) is 4.14. The van der Waals surface area contributed by atoms with Gasteiger partial charge in [0.05, 0.1) is 6.10 Å². The van der Waals surface area contributed by atoms with E-state index in [9.17, 15) is 5.11 Å². The Balaban J connectivity index is 1.90. The van der Waals surface area contributed by atoms with Crippen molar-refractivity contribution in [2.24, 2.45) is 0 Å². The maximum absolute atomic E-state index is 9.67. The van der Waals surface area contributed by atoms with Crippen LogP contribution < -0.4 is 0 Å². The highest BCUT2D eigenvalue weighted by Crippen LogP contribution is 2.21. The Morgan fingerprint density at radius 2 is 2.00 bits per heavy atom. The van der Waals surface area contributed by atoms with Gasteiger partial charge in [-0.3, -0.25) is 4.90 Å². The molecule has 0 saturated carbocycles. The molecule has 106 valence electrons. The zero-order valence-electron chi connectivity index (χ0n) is 12.1. The first-order valence-corrected chi connectivity index (χ1v) is 7.72. The largest absolute Gasteiger partial charge is 0.393 e. The van der Waals surface area contributed by atoms with Crippen LogP contribution in [0.5, 0.6) is 0 Å². The molecule has 1 saturated heterocycles. The summed E-state index contributed by atoms with van der Waals surface area (Å²) < 4.78 is 0. The van der Waals surface area contributed by atoms with Gasteiger partial charge in [0.15, 0.2) is 0 Å². The number of benzene rings is 1. The number of rotatable bonds is 5. The van der Waals surface area contributed by atoms with Gasteiger partial charge in [0.25, 0.3) is 0 Å². The second-order valence-electron chi connectivity index (χ2n) is 5.86. The van der Waals surface area contributed by atoms with E-state index < -0.39 is 0 Å². The Kier molecular flexibility index (Phi) is 5.87. The van der Waals surface area contributed by atoms with Crippen molar-refractivity contribution in [3.8, 4) is 0 Å². The Hall–Kier alpha value is -0.860. The number of nitrogens with zero attached hydrogens (tertiary/aromatic N) is 1. The molecule has 0 bridgehead atoms. The van der Waals surface area contributed by atoms with Crippen molar-refractivity contribution >= 4 is 0 Å². The Bertz CT molecular complexity index is 350. The second kappa shape index (κ2) is 7.66. The molecule has 2 nitrogen and oxygen atoms in total. The average molecular weight is 261 g/mol. The van der Waals surface area contributed by atoms with Crippen LogP contribution in [0.3, 0.4) is 0 Å². The maximum atomic E-state index is 9.67. The fraction of sp³-hybridized carbons (Fsp3) is 0.647. The van der Waals surface area contributed by atoms with Crippen LogP contribution in [-0.4, -0.2) is 35.2 Å². The van der Waals surface area contributed by atoms with E-state index in [0.29, 0.717) is 6.04 Å². The van der Waals surface area contributed by atoms with Crippen LogP contribution in [0.2, 0.25) is 0 Å². The Labute approximate surface area is 117 Å². The average Bonchev–Trinajstić information content (AvgIpc) is 2.62. The van der Waals surface area contributed by atoms with E-state index in [1.165, 1.54) is 37.8 Å². The fourth-order valence-corrected chi connectivity index (χ4v) is 3.11. The lowest BCUT2D eigenvalue weighted by atomic mass is 10.0. The highest BCUT2D eigenvalue weighted by molar-refractivity contribution is 5.14. The van der Waals surface area contributed by atoms with Crippen molar-refractivity contribution in [1.29, 1.82) is 0 Å². The van der Waals surface area contributed by atoms with Crippen LogP contribution in [0.25, 0.3) is 0 Å².